The van der Waals surface area contributed by atoms with Crippen molar-refractivity contribution in [3.05, 3.63) is 17.8 Å². The quantitative estimate of drug-likeness (QED) is 0.803. The highest BCUT2D eigenvalue weighted by Gasteiger charge is 2.31. The van der Waals surface area contributed by atoms with E-state index in [1.807, 2.05) is 0 Å². The number of nitrogens with two attached hydrogens (primary N) is 1. The van der Waals surface area contributed by atoms with E-state index in [0.717, 1.165) is 12.1 Å². The number of nitrogen functional groups attached to an aromatic ring is 1. The van der Waals surface area contributed by atoms with Crippen LogP contribution < -0.4 is 10.5 Å². The maximum Gasteiger partial charge on any atom is 0.573 e. The van der Waals surface area contributed by atoms with Crippen molar-refractivity contribution in [1.82, 2.24) is 4.98 Å². The molecule has 1 aromatic heterocycles. The van der Waals surface area contributed by atoms with Gasteiger partial charge in [0, 0.05) is 12.1 Å². The maximum atomic E-state index is 11.8. The molecule has 1 aromatic rings. The van der Waals surface area contributed by atoms with Crippen molar-refractivity contribution in [3.8, 4) is 5.75 Å². The molecule has 0 unspecified atom stereocenters. The Hall–Kier alpha value is -1.50. The monoisotopic (exact) mass is 240 g/mol. The Balaban J connectivity index is 3.04. The number of pyridine rings is 1. The average Bonchev–Trinajstić information content (AvgIpc) is 1.99. The maximum absolute atomic E-state index is 11.8. The van der Waals surface area contributed by atoms with Gasteiger partial charge in [-0.3, -0.25) is 4.79 Å². The average molecular weight is 241 g/mol. The summed E-state index contributed by atoms with van der Waals surface area (Å²) in [4.78, 5) is 14.0. The van der Waals surface area contributed by atoms with Crippen molar-refractivity contribution in [2.45, 2.75) is 6.36 Å². The molecule has 2 N–H and O–H groups in total. The van der Waals surface area contributed by atoms with Gasteiger partial charge in [0.15, 0.2) is 0 Å². The van der Waals surface area contributed by atoms with E-state index in [4.69, 9.17) is 17.3 Å². The highest BCUT2D eigenvalue weighted by Crippen LogP contribution is 2.24. The van der Waals surface area contributed by atoms with E-state index < -0.39 is 23.0 Å². The zero-order valence-corrected chi connectivity index (χ0v) is 7.76. The number of alkyl halides is 3. The lowest BCUT2D eigenvalue weighted by Gasteiger charge is -2.09. The summed E-state index contributed by atoms with van der Waals surface area (Å²) in [7, 11) is 0. The van der Waals surface area contributed by atoms with E-state index in [0.29, 0.717) is 0 Å². The van der Waals surface area contributed by atoms with Crippen LogP contribution in [-0.2, 0) is 0 Å². The molecule has 0 saturated heterocycles. The molecule has 0 fully saturated rings. The summed E-state index contributed by atoms with van der Waals surface area (Å²) < 4.78 is 39.0. The number of anilines is 1. The van der Waals surface area contributed by atoms with Crippen molar-refractivity contribution < 1.29 is 22.7 Å². The van der Waals surface area contributed by atoms with Gasteiger partial charge in [0.25, 0.3) is 5.24 Å². The molecule has 0 amide bonds. The van der Waals surface area contributed by atoms with Crippen LogP contribution in [0.4, 0.5) is 19.0 Å². The third kappa shape index (κ3) is 3.62. The molecule has 0 radical (unpaired) electrons. The van der Waals surface area contributed by atoms with Crippen molar-refractivity contribution in [1.29, 1.82) is 0 Å². The number of halogens is 4. The molecular weight excluding hydrogens is 237 g/mol. The minimum Gasteiger partial charge on any atom is -0.406 e. The molecule has 0 aliphatic heterocycles. The largest absolute Gasteiger partial charge is 0.573 e. The molecule has 0 aliphatic carbocycles. The van der Waals surface area contributed by atoms with Gasteiger partial charge in [-0.2, -0.15) is 0 Å². The molecule has 82 valence electrons. The number of aromatic nitrogens is 1. The summed E-state index contributed by atoms with van der Waals surface area (Å²) >= 11 is 5.02. The van der Waals surface area contributed by atoms with E-state index in [2.05, 4.69) is 9.72 Å². The van der Waals surface area contributed by atoms with Gasteiger partial charge in [0.1, 0.15) is 17.3 Å². The van der Waals surface area contributed by atoms with Crippen LogP contribution in [-0.4, -0.2) is 16.6 Å². The van der Waals surface area contributed by atoms with E-state index in [-0.39, 0.29) is 5.82 Å². The predicted molar refractivity (Wildman–Crippen MR) is 45.5 cm³/mol. The zero-order chi connectivity index (χ0) is 11.6. The van der Waals surface area contributed by atoms with E-state index in [1.54, 1.807) is 0 Å². The lowest BCUT2D eigenvalue weighted by molar-refractivity contribution is -0.274. The number of hydrogen-bond acceptors (Lipinski definition) is 4. The summed E-state index contributed by atoms with van der Waals surface area (Å²) in [5.74, 6) is -0.931. The summed E-state index contributed by atoms with van der Waals surface area (Å²) in [6.07, 6.45) is -4.86. The van der Waals surface area contributed by atoms with Gasteiger partial charge in [-0.05, 0) is 11.6 Å². The fourth-order valence-corrected chi connectivity index (χ4v) is 0.916. The van der Waals surface area contributed by atoms with Crippen LogP contribution in [0.1, 0.15) is 10.5 Å². The molecular formula is C7H4ClF3N2O2. The first-order valence-electron chi connectivity index (χ1n) is 3.51. The molecule has 15 heavy (non-hydrogen) atoms. The van der Waals surface area contributed by atoms with E-state index in [1.165, 1.54) is 0 Å². The van der Waals surface area contributed by atoms with Crippen LogP contribution in [0, 0.1) is 0 Å². The van der Waals surface area contributed by atoms with E-state index in [9.17, 15) is 18.0 Å². The minimum atomic E-state index is -4.86. The summed E-state index contributed by atoms with van der Waals surface area (Å²) in [6.45, 7) is 0. The zero-order valence-electron chi connectivity index (χ0n) is 7.01. The molecule has 4 nitrogen and oxygen atoms in total. The molecule has 0 aliphatic rings. The second kappa shape index (κ2) is 3.93. The van der Waals surface area contributed by atoms with Crippen molar-refractivity contribution >= 4 is 22.7 Å². The molecule has 0 bridgehead atoms. The van der Waals surface area contributed by atoms with Crippen LogP contribution in [0.5, 0.6) is 5.75 Å². The van der Waals surface area contributed by atoms with Crippen LogP contribution in [0.2, 0.25) is 0 Å². The number of ether oxygens (including phenoxy) is 1. The fourth-order valence-electron chi connectivity index (χ4n) is 0.819. The third-order valence-electron chi connectivity index (χ3n) is 1.25. The molecule has 0 spiro atoms. The van der Waals surface area contributed by atoms with Crippen molar-refractivity contribution in [3.63, 3.8) is 0 Å². The second-order valence-corrected chi connectivity index (χ2v) is 2.78. The molecule has 0 atom stereocenters. The first-order chi connectivity index (χ1) is 6.78. The molecule has 0 aromatic carbocycles. The standard InChI is InChI=1S/C7H4ClF3N2O2/c8-6(14)4-1-3(2-5(12)13-4)15-7(9,10)11/h1-2H,(H2,12,13). The normalized spacial score (nSPS) is 11.2. The SMILES string of the molecule is Nc1cc(OC(F)(F)F)cc(C(=O)Cl)n1. The van der Waals surface area contributed by atoms with Crippen LogP contribution in [0.25, 0.3) is 0 Å². The molecule has 0 saturated carbocycles. The lowest BCUT2D eigenvalue weighted by atomic mass is 10.3. The smallest absolute Gasteiger partial charge is 0.406 e. The van der Waals surface area contributed by atoms with Gasteiger partial charge in [-0.15, -0.1) is 13.2 Å². The highest BCUT2D eigenvalue weighted by molar-refractivity contribution is 6.67. The van der Waals surface area contributed by atoms with E-state index >= 15 is 0 Å². The number of rotatable bonds is 2. The van der Waals surface area contributed by atoms with Crippen LogP contribution in [0.15, 0.2) is 12.1 Å². The number of hydrogen-bond donors (Lipinski definition) is 1. The Bertz CT molecular complexity index is 394. The number of carbonyl (C=O) groups excluding carboxylic acids is 1. The molecule has 1 rings (SSSR count). The van der Waals surface area contributed by atoms with Crippen LogP contribution in [0.3, 0.4) is 0 Å². The summed E-state index contributed by atoms with van der Waals surface area (Å²) in [6, 6.07) is 1.58. The topological polar surface area (TPSA) is 65.2 Å². The predicted octanol–water partition coefficient (Wildman–Crippen LogP) is 1.94. The first kappa shape index (κ1) is 11.6. The highest BCUT2D eigenvalue weighted by atomic mass is 35.5. The van der Waals surface area contributed by atoms with Gasteiger partial charge in [0.2, 0.25) is 0 Å². The lowest BCUT2D eigenvalue weighted by Crippen LogP contribution is -2.17. The molecule has 8 heteroatoms. The van der Waals surface area contributed by atoms with Gasteiger partial charge in [-0.25, -0.2) is 4.98 Å². The van der Waals surface area contributed by atoms with Crippen molar-refractivity contribution in [2.75, 3.05) is 5.73 Å². The van der Waals surface area contributed by atoms with Gasteiger partial charge < -0.3 is 10.5 Å². The fraction of sp³-hybridized carbons (Fsp3) is 0.143. The Labute approximate surface area is 86.8 Å². The Morgan fingerprint density at radius 2 is 2.07 bits per heavy atom. The Morgan fingerprint density at radius 3 is 2.53 bits per heavy atom. The second-order valence-electron chi connectivity index (χ2n) is 2.43. The summed E-state index contributed by atoms with van der Waals surface area (Å²) in [5, 5.41) is -1.02. The van der Waals surface area contributed by atoms with Crippen molar-refractivity contribution in [2.24, 2.45) is 0 Å². The minimum absolute atomic E-state index is 0.291. The summed E-state index contributed by atoms with van der Waals surface area (Å²) in [5.41, 5.74) is 4.74. The van der Waals surface area contributed by atoms with Gasteiger partial charge in [0.05, 0.1) is 0 Å². The van der Waals surface area contributed by atoms with Gasteiger partial charge in [-0.1, -0.05) is 0 Å². The van der Waals surface area contributed by atoms with Gasteiger partial charge >= 0.3 is 6.36 Å². The Morgan fingerprint density at radius 1 is 1.47 bits per heavy atom. The van der Waals surface area contributed by atoms with Crippen LogP contribution >= 0.6 is 11.6 Å². The third-order valence-corrected chi connectivity index (χ3v) is 1.45. The first-order valence-corrected chi connectivity index (χ1v) is 3.89. The Kier molecular flexibility index (Phi) is 3.04. The number of carbonyl (C=O) groups is 1. The molecule has 1 heterocycles. The number of nitrogens with zero attached hydrogens (tertiary/aromatic N) is 1.